The Morgan fingerprint density at radius 3 is 2.35 bits per heavy atom. The van der Waals surface area contributed by atoms with Crippen LogP contribution in [0.3, 0.4) is 0 Å². The fraction of sp³-hybridized carbons (Fsp3) is 0.674. The van der Waals surface area contributed by atoms with Crippen LogP contribution < -0.4 is 10.6 Å². The van der Waals surface area contributed by atoms with Gasteiger partial charge in [-0.25, -0.2) is 9.18 Å². The highest BCUT2D eigenvalue weighted by atomic mass is 19.1. The summed E-state index contributed by atoms with van der Waals surface area (Å²) in [5, 5.41) is 17.2. The lowest BCUT2D eigenvalue weighted by atomic mass is 9.32. The Hall–Kier alpha value is -3.26. The zero-order chi connectivity index (χ0) is 39.3. The second-order valence-corrected chi connectivity index (χ2v) is 18.9. The number of carbonyl (C=O) groups is 3. The molecule has 4 fully saturated rings. The topological polar surface area (TPSA) is 105 Å². The average Bonchev–Trinajstić information content (AvgIpc) is 3.14. The molecule has 0 aromatic heterocycles. The molecule has 0 saturated heterocycles. The SMILES string of the molecule is CCCC1(C(=O)NCCc2cccc(C(=O)NCc3cccc(C(=O)OC)c3F)c2)CC[C@]2(C)C(CCC3C4(C)CCC(O)C(C)(C)C4CCC32C)C1C. The first-order chi connectivity index (χ1) is 25.5. The number of carbonyl (C=O) groups excluding carboxylic acids is 3. The second-order valence-electron chi connectivity index (χ2n) is 18.9. The summed E-state index contributed by atoms with van der Waals surface area (Å²) in [4.78, 5) is 39.4. The quantitative estimate of drug-likeness (QED) is 0.211. The van der Waals surface area contributed by atoms with Crippen molar-refractivity contribution in [3.63, 3.8) is 0 Å². The Morgan fingerprint density at radius 2 is 1.63 bits per heavy atom. The highest BCUT2D eigenvalue weighted by Crippen LogP contribution is 2.75. The van der Waals surface area contributed by atoms with Gasteiger partial charge in [-0.05, 0) is 133 Å². The van der Waals surface area contributed by atoms with Gasteiger partial charge in [-0.15, -0.1) is 0 Å². The molecule has 54 heavy (non-hydrogen) atoms. The van der Waals surface area contributed by atoms with E-state index in [1.54, 1.807) is 12.1 Å². The summed E-state index contributed by atoms with van der Waals surface area (Å²) >= 11 is 0. The molecule has 0 radical (unpaired) electrons. The van der Waals surface area contributed by atoms with Crippen LogP contribution in [0.2, 0.25) is 0 Å². The number of rotatable bonds is 10. The van der Waals surface area contributed by atoms with Gasteiger partial charge in [0.1, 0.15) is 5.82 Å². The van der Waals surface area contributed by atoms with Gasteiger partial charge >= 0.3 is 5.97 Å². The molecule has 2 aromatic carbocycles. The molecule has 0 heterocycles. The minimum Gasteiger partial charge on any atom is -0.465 e. The molecular formula is C46H65FN2O5. The Bertz CT molecular complexity index is 1740. The lowest BCUT2D eigenvalue weighted by molar-refractivity contribution is -0.246. The molecule has 8 heteroatoms. The molecule has 0 aliphatic heterocycles. The first kappa shape index (κ1) is 40.4. The summed E-state index contributed by atoms with van der Waals surface area (Å²) in [6.07, 6.45) is 11.0. The lowest BCUT2D eigenvalue weighted by Crippen LogP contribution is -2.67. The zero-order valence-corrected chi connectivity index (χ0v) is 34.1. The van der Waals surface area contributed by atoms with Crippen molar-refractivity contribution >= 4 is 17.8 Å². The van der Waals surface area contributed by atoms with Crippen LogP contribution >= 0.6 is 0 Å². The maximum absolute atomic E-state index is 14.9. The normalized spacial score (nSPS) is 35.5. The van der Waals surface area contributed by atoms with E-state index >= 15 is 0 Å². The summed E-state index contributed by atoms with van der Waals surface area (Å²) in [5.41, 5.74) is 1.55. The summed E-state index contributed by atoms with van der Waals surface area (Å²) < 4.78 is 19.5. The van der Waals surface area contributed by atoms with Gasteiger partial charge in [0.15, 0.2) is 0 Å². The molecule has 2 aromatic rings. The van der Waals surface area contributed by atoms with E-state index in [2.05, 4.69) is 63.8 Å². The van der Waals surface area contributed by atoms with Crippen LogP contribution in [0, 0.1) is 56.6 Å². The molecule has 0 bridgehead atoms. The summed E-state index contributed by atoms with van der Waals surface area (Å²) in [7, 11) is 1.20. The number of esters is 1. The number of hydrogen-bond acceptors (Lipinski definition) is 5. The van der Waals surface area contributed by atoms with E-state index in [4.69, 9.17) is 0 Å². The van der Waals surface area contributed by atoms with Gasteiger partial charge < -0.3 is 20.5 Å². The third kappa shape index (κ3) is 6.50. The molecular weight excluding hydrogens is 680 g/mol. The molecule has 4 aliphatic rings. The molecule has 4 aliphatic carbocycles. The van der Waals surface area contributed by atoms with E-state index in [9.17, 15) is 23.9 Å². The van der Waals surface area contributed by atoms with E-state index < -0.39 is 17.2 Å². The number of benzene rings is 2. The third-order valence-corrected chi connectivity index (χ3v) is 16.4. The smallest absolute Gasteiger partial charge is 0.340 e. The van der Waals surface area contributed by atoms with Gasteiger partial charge in [0, 0.05) is 24.2 Å². The number of amides is 2. The Morgan fingerprint density at radius 1 is 0.889 bits per heavy atom. The third-order valence-electron chi connectivity index (χ3n) is 16.4. The van der Waals surface area contributed by atoms with Gasteiger partial charge in [-0.1, -0.05) is 79.2 Å². The Balaban J connectivity index is 1.11. The monoisotopic (exact) mass is 744 g/mol. The van der Waals surface area contributed by atoms with Crippen LogP contribution in [-0.2, 0) is 22.5 Å². The Kier molecular flexibility index (Phi) is 11.2. The number of methoxy groups -OCH3 is 1. The molecule has 6 rings (SSSR count). The first-order valence-electron chi connectivity index (χ1n) is 20.7. The fourth-order valence-electron chi connectivity index (χ4n) is 13.2. The standard InChI is InChI=1S/C46H65FN2O5/c1-9-21-46(25-24-44(6)34(29(46)2)16-17-36-43(5)22-19-37(50)42(3,4)35(43)18-23-45(36,44)7)41(53)48-26-20-30-12-10-13-31(27-30)39(51)49-28-32-14-11-15-33(38(32)47)40(52)54-8/h10-15,27,29,34-37,50H,9,16-26,28H2,1-8H3,(H,48,53)(H,49,51)/t29?,34?,35?,36?,37?,43?,44-,45?,46?/m1/s1. The highest BCUT2D eigenvalue weighted by Gasteiger charge is 2.69. The minimum absolute atomic E-state index is 0.0597. The average molecular weight is 745 g/mol. The second kappa shape index (κ2) is 15.0. The van der Waals surface area contributed by atoms with E-state index in [1.807, 2.05) is 18.2 Å². The van der Waals surface area contributed by atoms with Crippen LogP contribution in [-0.4, -0.2) is 42.6 Å². The largest absolute Gasteiger partial charge is 0.465 e. The number of aliphatic hydroxyl groups excluding tert-OH is 1. The van der Waals surface area contributed by atoms with Crippen molar-refractivity contribution in [3.05, 3.63) is 70.5 Å². The van der Waals surface area contributed by atoms with Crippen molar-refractivity contribution in [2.45, 2.75) is 132 Å². The molecule has 4 saturated carbocycles. The fourth-order valence-corrected chi connectivity index (χ4v) is 13.2. The number of fused-ring (bicyclic) bond motifs is 5. The molecule has 8 unspecified atom stereocenters. The van der Waals surface area contributed by atoms with Crippen molar-refractivity contribution in [2.75, 3.05) is 13.7 Å². The van der Waals surface area contributed by atoms with Crippen LogP contribution in [0.25, 0.3) is 0 Å². The maximum Gasteiger partial charge on any atom is 0.340 e. The summed E-state index contributed by atoms with van der Waals surface area (Å²) in [6, 6.07) is 11.8. The predicted octanol–water partition coefficient (Wildman–Crippen LogP) is 9.05. The molecule has 2 amide bonds. The summed E-state index contributed by atoms with van der Waals surface area (Å²) in [5.74, 6) is 0.281. The molecule has 3 N–H and O–H groups in total. The van der Waals surface area contributed by atoms with Crippen molar-refractivity contribution < 1.29 is 28.6 Å². The molecule has 0 spiro atoms. The number of ether oxygens (including phenoxy) is 1. The van der Waals surface area contributed by atoms with E-state index in [-0.39, 0.29) is 63.2 Å². The van der Waals surface area contributed by atoms with Gasteiger partial charge in [0.05, 0.1) is 24.2 Å². The predicted molar refractivity (Wildman–Crippen MR) is 210 cm³/mol. The van der Waals surface area contributed by atoms with Crippen molar-refractivity contribution in [1.29, 1.82) is 0 Å². The van der Waals surface area contributed by atoms with Crippen molar-refractivity contribution in [1.82, 2.24) is 10.6 Å². The van der Waals surface area contributed by atoms with Gasteiger partial charge in [-0.2, -0.15) is 0 Å². The van der Waals surface area contributed by atoms with Crippen LogP contribution in [0.15, 0.2) is 42.5 Å². The Labute approximate surface area is 323 Å². The van der Waals surface area contributed by atoms with Gasteiger partial charge in [-0.3, -0.25) is 9.59 Å². The number of aliphatic hydroxyl groups is 1. The van der Waals surface area contributed by atoms with E-state index in [1.165, 1.54) is 44.9 Å². The van der Waals surface area contributed by atoms with E-state index in [0.717, 1.165) is 44.1 Å². The van der Waals surface area contributed by atoms with Crippen LogP contribution in [0.4, 0.5) is 4.39 Å². The molecule has 7 nitrogen and oxygen atoms in total. The molecule has 296 valence electrons. The van der Waals surface area contributed by atoms with Crippen molar-refractivity contribution in [3.8, 4) is 0 Å². The molecule has 9 atom stereocenters. The van der Waals surface area contributed by atoms with Crippen LogP contribution in [0.1, 0.15) is 145 Å². The van der Waals surface area contributed by atoms with Crippen LogP contribution in [0.5, 0.6) is 0 Å². The number of halogens is 1. The zero-order valence-electron chi connectivity index (χ0n) is 34.1. The summed E-state index contributed by atoms with van der Waals surface area (Å²) in [6.45, 7) is 17.4. The van der Waals surface area contributed by atoms with E-state index in [0.29, 0.717) is 36.3 Å². The number of hydrogen-bond donors (Lipinski definition) is 3. The highest BCUT2D eigenvalue weighted by molar-refractivity contribution is 5.94. The first-order valence-corrected chi connectivity index (χ1v) is 20.7. The number of nitrogens with one attached hydrogen (secondary N) is 2. The minimum atomic E-state index is -0.767. The maximum atomic E-state index is 14.9. The van der Waals surface area contributed by atoms with Crippen molar-refractivity contribution in [2.24, 2.45) is 50.7 Å². The van der Waals surface area contributed by atoms with Gasteiger partial charge in [0.25, 0.3) is 5.91 Å². The lowest BCUT2D eigenvalue weighted by Gasteiger charge is -2.72. The van der Waals surface area contributed by atoms with Gasteiger partial charge in [0.2, 0.25) is 5.91 Å².